The van der Waals surface area contributed by atoms with Crippen LogP contribution in [0.3, 0.4) is 0 Å². The Morgan fingerprint density at radius 1 is 1.47 bits per heavy atom. The van der Waals surface area contributed by atoms with Gasteiger partial charge in [0.2, 0.25) is 0 Å². The number of pyridine rings is 1. The summed E-state index contributed by atoms with van der Waals surface area (Å²) in [4.78, 5) is 15.6. The van der Waals surface area contributed by atoms with Crippen molar-refractivity contribution in [3.8, 4) is 0 Å². The molecule has 0 aliphatic carbocycles. The molecule has 0 aliphatic heterocycles. The lowest BCUT2D eigenvalue weighted by Gasteiger charge is -2.05. The minimum atomic E-state index is -1.07. The Balaban J connectivity index is 2.90. The van der Waals surface area contributed by atoms with E-state index < -0.39 is 16.8 Å². The summed E-state index contributed by atoms with van der Waals surface area (Å²) in [5.74, 6) is -0.489. The first-order chi connectivity index (χ1) is 7.06. The van der Waals surface area contributed by atoms with E-state index in [1.165, 1.54) is 19.4 Å². The molecule has 1 unspecified atom stereocenters. The number of carbonyl (C=O) groups excluding carboxylic acids is 1. The van der Waals surface area contributed by atoms with Gasteiger partial charge in [-0.1, -0.05) is 13.8 Å². The molecule has 0 radical (unpaired) electrons. The number of ether oxygens (including phenoxy) is 1. The molecule has 1 heterocycles. The zero-order valence-corrected chi connectivity index (χ0v) is 9.71. The number of aromatic nitrogens is 1. The summed E-state index contributed by atoms with van der Waals surface area (Å²) in [6.07, 6.45) is 1.45. The van der Waals surface area contributed by atoms with Gasteiger partial charge in [0.05, 0.1) is 22.8 Å². The van der Waals surface area contributed by atoms with E-state index in [-0.39, 0.29) is 10.9 Å². The molecule has 1 rings (SSSR count). The summed E-state index contributed by atoms with van der Waals surface area (Å²) in [7, 11) is 0.223. The maximum Gasteiger partial charge on any atom is 0.356 e. The molecule has 0 fully saturated rings. The molecule has 1 atom stereocenters. The largest absolute Gasteiger partial charge is 0.464 e. The Bertz CT molecular complexity index is 373. The molecule has 0 bridgehead atoms. The monoisotopic (exact) mass is 227 g/mol. The van der Waals surface area contributed by atoms with Crippen LogP contribution >= 0.6 is 0 Å². The summed E-state index contributed by atoms with van der Waals surface area (Å²) in [6.45, 7) is 3.73. The molecule has 4 nitrogen and oxygen atoms in total. The van der Waals surface area contributed by atoms with E-state index in [2.05, 4.69) is 9.72 Å². The van der Waals surface area contributed by atoms with E-state index in [0.717, 1.165) is 0 Å². The van der Waals surface area contributed by atoms with Gasteiger partial charge >= 0.3 is 5.97 Å². The van der Waals surface area contributed by atoms with Gasteiger partial charge in [-0.15, -0.1) is 0 Å². The van der Waals surface area contributed by atoms with Crippen LogP contribution in [0.2, 0.25) is 0 Å². The smallest absolute Gasteiger partial charge is 0.356 e. The van der Waals surface area contributed by atoms with Crippen LogP contribution in [-0.2, 0) is 15.5 Å². The minimum Gasteiger partial charge on any atom is -0.464 e. The van der Waals surface area contributed by atoms with Crippen molar-refractivity contribution in [3.05, 3.63) is 24.0 Å². The second kappa shape index (κ2) is 5.02. The zero-order chi connectivity index (χ0) is 11.4. The molecule has 0 aliphatic rings. The Hall–Kier alpha value is -1.23. The molecule has 1 aromatic rings. The predicted molar refractivity (Wildman–Crippen MR) is 57.1 cm³/mol. The van der Waals surface area contributed by atoms with Crippen LogP contribution in [0.25, 0.3) is 0 Å². The Kier molecular flexibility index (Phi) is 3.96. The van der Waals surface area contributed by atoms with Crippen molar-refractivity contribution in [1.29, 1.82) is 0 Å². The third-order valence-corrected chi connectivity index (χ3v) is 3.35. The fourth-order valence-electron chi connectivity index (χ4n) is 0.997. The molecular formula is C10H13NO3S. The Morgan fingerprint density at radius 2 is 2.13 bits per heavy atom. The first-order valence-corrected chi connectivity index (χ1v) is 5.72. The average Bonchev–Trinajstić information content (AvgIpc) is 2.27. The van der Waals surface area contributed by atoms with Gasteiger partial charge in [-0.2, -0.15) is 0 Å². The number of methoxy groups -OCH3 is 1. The first kappa shape index (κ1) is 11.8. The van der Waals surface area contributed by atoms with Crippen molar-refractivity contribution in [3.63, 3.8) is 0 Å². The minimum absolute atomic E-state index is 0.0378. The summed E-state index contributed by atoms with van der Waals surface area (Å²) in [6, 6.07) is 3.15. The van der Waals surface area contributed by atoms with Crippen LogP contribution in [-0.4, -0.2) is 27.5 Å². The molecule has 15 heavy (non-hydrogen) atoms. The van der Waals surface area contributed by atoms with Crippen LogP contribution in [0, 0.1) is 0 Å². The van der Waals surface area contributed by atoms with Crippen LogP contribution in [0.1, 0.15) is 24.3 Å². The van der Waals surface area contributed by atoms with E-state index in [1.807, 2.05) is 13.8 Å². The van der Waals surface area contributed by atoms with Crippen molar-refractivity contribution < 1.29 is 13.7 Å². The lowest BCUT2D eigenvalue weighted by atomic mass is 10.3. The summed E-state index contributed by atoms with van der Waals surface area (Å²) >= 11 is 0. The highest BCUT2D eigenvalue weighted by molar-refractivity contribution is 7.85. The quantitative estimate of drug-likeness (QED) is 0.732. The molecule has 0 spiro atoms. The number of hydrogen-bond acceptors (Lipinski definition) is 4. The average molecular weight is 227 g/mol. The second-order valence-electron chi connectivity index (χ2n) is 3.22. The van der Waals surface area contributed by atoms with Crippen LogP contribution in [0.4, 0.5) is 0 Å². The molecule has 0 amide bonds. The van der Waals surface area contributed by atoms with Gasteiger partial charge in [-0.25, -0.2) is 9.78 Å². The van der Waals surface area contributed by atoms with Gasteiger partial charge in [0, 0.05) is 11.4 Å². The third kappa shape index (κ3) is 2.86. The number of nitrogens with zero attached hydrogens (tertiary/aromatic N) is 1. The molecule has 0 saturated carbocycles. The van der Waals surface area contributed by atoms with Crippen molar-refractivity contribution in [2.45, 2.75) is 24.0 Å². The van der Waals surface area contributed by atoms with Crippen LogP contribution < -0.4 is 0 Å². The highest BCUT2D eigenvalue weighted by Crippen LogP contribution is 2.10. The van der Waals surface area contributed by atoms with Crippen LogP contribution in [0.5, 0.6) is 0 Å². The highest BCUT2D eigenvalue weighted by atomic mass is 32.2. The third-order valence-electron chi connectivity index (χ3n) is 1.79. The SMILES string of the molecule is COC(=O)c1ccc(S(=O)C(C)C)cn1. The summed E-state index contributed by atoms with van der Waals surface area (Å²) in [5.41, 5.74) is 0.224. The van der Waals surface area contributed by atoms with Gasteiger partial charge in [-0.3, -0.25) is 4.21 Å². The van der Waals surface area contributed by atoms with Gasteiger partial charge in [0.15, 0.2) is 0 Å². The molecule has 5 heteroatoms. The van der Waals surface area contributed by atoms with Crippen LogP contribution in [0.15, 0.2) is 23.2 Å². The molecule has 0 saturated heterocycles. The van der Waals surface area contributed by atoms with Gasteiger partial charge in [-0.05, 0) is 12.1 Å². The Morgan fingerprint density at radius 3 is 2.53 bits per heavy atom. The van der Waals surface area contributed by atoms with Crippen molar-refractivity contribution in [2.24, 2.45) is 0 Å². The van der Waals surface area contributed by atoms with E-state index in [4.69, 9.17) is 0 Å². The summed E-state index contributed by atoms with van der Waals surface area (Å²) in [5, 5.41) is 0.0378. The van der Waals surface area contributed by atoms with Crippen molar-refractivity contribution in [2.75, 3.05) is 7.11 Å². The second-order valence-corrected chi connectivity index (χ2v) is 5.23. The lowest BCUT2D eigenvalue weighted by molar-refractivity contribution is 0.0594. The normalized spacial score (nSPS) is 12.5. The van der Waals surface area contributed by atoms with Gasteiger partial charge in [0.1, 0.15) is 5.69 Å². The van der Waals surface area contributed by atoms with Gasteiger partial charge < -0.3 is 4.74 Å². The molecular weight excluding hydrogens is 214 g/mol. The maximum atomic E-state index is 11.7. The molecule has 0 aromatic carbocycles. The standard InChI is InChI=1S/C10H13NO3S/c1-7(2)15(13)8-4-5-9(11-6-8)10(12)14-3/h4-7H,1-3H3. The van der Waals surface area contributed by atoms with E-state index in [1.54, 1.807) is 6.07 Å². The number of rotatable bonds is 3. The van der Waals surface area contributed by atoms with Gasteiger partial charge in [0.25, 0.3) is 0 Å². The molecule has 82 valence electrons. The molecule has 1 aromatic heterocycles. The summed E-state index contributed by atoms with van der Waals surface area (Å²) < 4.78 is 16.2. The zero-order valence-electron chi connectivity index (χ0n) is 8.89. The molecule has 0 N–H and O–H groups in total. The lowest BCUT2D eigenvalue weighted by Crippen LogP contribution is -2.08. The maximum absolute atomic E-state index is 11.7. The number of carbonyl (C=O) groups is 1. The number of hydrogen-bond donors (Lipinski definition) is 0. The van der Waals surface area contributed by atoms with E-state index in [9.17, 15) is 9.00 Å². The fraction of sp³-hybridized carbons (Fsp3) is 0.400. The van der Waals surface area contributed by atoms with E-state index >= 15 is 0 Å². The number of esters is 1. The first-order valence-electron chi connectivity index (χ1n) is 4.51. The Labute approximate surface area is 91.1 Å². The van der Waals surface area contributed by atoms with E-state index in [0.29, 0.717) is 4.90 Å². The predicted octanol–water partition coefficient (Wildman–Crippen LogP) is 1.38. The fourth-order valence-corrected chi connectivity index (χ4v) is 1.90. The van der Waals surface area contributed by atoms with Crippen molar-refractivity contribution >= 4 is 16.8 Å². The topological polar surface area (TPSA) is 56.3 Å². The highest BCUT2D eigenvalue weighted by Gasteiger charge is 2.11. The van der Waals surface area contributed by atoms with Crippen molar-refractivity contribution in [1.82, 2.24) is 4.98 Å².